The van der Waals surface area contributed by atoms with Gasteiger partial charge in [0.1, 0.15) is 5.82 Å². The monoisotopic (exact) mass is 453 g/mol. The minimum atomic E-state index is -0.321. The maximum atomic E-state index is 13.4. The van der Waals surface area contributed by atoms with Crippen molar-refractivity contribution in [2.75, 3.05) is 39.8 Å². The Morgan fingerprint density at radius 1 is 1.06 bits per heavy atom. The molecule has 2 aliphatic rings. The first kappa shape index (κ1) is 23.3. The molecule has 7 nitrogen and oxygen atoms in total. The number of pyridine rings is 1. The van der Waals surface area contributed by atoms with Gasteiger partial charge in [-0.25, -0.2) is 4.39 Å². The molecule has 1 aliphatic heterocycles. The highest BCUT2D eigenvalue weighted by Gasteiger charge is 2.26. The van der Waals surface area contributed by atoms with Crippen molar-refractivity contribution in [3.8, 4) is 11.3 Å². The molecule has 2 atom stereocenters. The largest absolute Gasteiger partial charge is 0.352 e. The number of likely N-dealkylation sites (N-methyl/N-ethyl adjacent to an activating group) is 1. The average Bonchev–Trinajstić information content (AvgIpc) is 2.81. The Bertz CT molecular complexity index is 960. The summed E-state index contributed by atoms with van der Waals surface area (Å²) in [6.45, 7) is 4.25. The second-order valence-electron chi connectivity index (χ2n) is 9.12. The van der Waals surface area contributed by atoms with Crippen molar-refractivity contribution < 1.29 is 14.0 Å². The van der Waals surface area contributed by atoms with Gasteiger partial charge in [-0.15, -0.1) is 0 Å². The smallest absolute Gasteiger partial charge is 0.253 e. The molecule has 1 aromatic carbocycles. The molecule has 2 N–H and O–H groups in total. The lowest BCUT2D eigenvalue weighted by Gasteiger charge is -2.33. The molecular formula is C25H32FN5O2. The molecule has 33 heavy (non-hydrogen) atoms. The molecule has 4 rings (SSSR count). The van der Waals surface area contributed by atoms with Crippen molar-refractivity contribution in [2.45, 2.75) is 37.8 Å². The topological polar surface area (TPSA) is 77.6 Å². The third kappa shape index (κ3) is 6.58. The molecule has 2 unspecified atom stereocenters. The van der Waals surface area contributed by atoms with Crippen LogP contribution in [0.1, 0.15) is 36.0 Å². The van der Waals surface area contributed by atoms with Crippen LogP contribution in [-0.4, -0.2) is 78.5 Å². The number of hydrogen-bond acceptors (Lipinski definition) is 5. The highest BCUT2D eigenvalue weighted by Crippen LogP contribution is 2.20. The van der Waals surface area contributed by atoms with Gasteiger partial charge in [0.25, 0.3) is 5.91 Å². The lowest BCUT2D eigenvalue weighted by Crippen LogP contribution is -2.51. The molecule has 2 heterocycles. The zero-order chi connectivity index (χ0) is 23.2. The Balaban J connectivity index is 1.26. The van der Waals surface area contributed by atoms with Crippen molar-refractivity contribution in [3.63, 3.8) is 0 Å². The first-order valence-electron chi connectivity index (χ1n) is 11.7. The zero-order valence-corrected chi connectivity index (χ0v) is 19.1. The summed E-state index contributed by atoms with van der Waals surface area (Å²) >= 11 is 0. The van der Waals surface area contributed by atoms with Crippen molar-refractivity contribution in [1.82, 2.24) is 25.4 Å². The van der Waals surface area contributed by atoms with E-state index in [1.54, 1.807) is 24.3 Å². The van der Waals surface area contributed by atoms with E-state index in [1.165, 1.54) is 18.3 Å². The van der Waals surface area contributed by atoms with Crippen LogP contribution in [0.5, 0.6) is 0 Å². The Labute approximate surface area is 194 Å². The second-order valence-corrected chi connectivity index (χ2v) is 9.12. The third-order valence-corrected chi connectivity index (χ3v) is 6.48. The van der Waals surface area contributed by atoms with E-state index in [4.69, 9.17) is 0 Å². The molecule has 8 heteroatoms. The maximum Gasteiger partial charge on any atom is 0.253 e. The van der Waals surface area contributed by atoms with Crippen LogP contribution >= 0.6 is 0 Å². The van der Waals surface area contributed by atoms with Crippen LogP contribution in [0.3, 0.4) is 0 Å². The summed E-state index contributed by atoms with van der Waals surface area (Å²) in [7, 11) is 2.10. The SMILES string of the molecule is CN1CCN(CC(=O)NC2CCCC(NC(=O)c3ccc(-c4cccc(F)c4)nc3)C2)CC1. The van der Waals surface area contributed by atoms with Gasteiger partial charge in [0.2, 0.25) is 5.91 Å². The molecule has 2 amide bonds. The molecule has 2 fully saturated rings. The van der Waals surface area contributed by atoms with Gasteiger partial charge < -0.3 is 15.5 Å². The van der Waals surface area contributed by atoms with Gasteiger partial charge >= 0.3 is 0 Å². The summed E-state index contributed by atoms with van der Waals surface area (Å²) in [6, 6.07) is 9.76. The van der Waals surface area contributed by atoms with Crippen LogP contribution in [0.25, 0.3) is 11.3 Å². The van der Waals surface area contributed by atoms with Gasteiger partial charge in [0.05, 0.1) is 17.8 Å². The fourth-order valence-electron chi connectivity index (χ4n) is 4.55. The number of hydrogen-bond donors (Lipinski definition) is 2. The van der Waals surface area contributed by atoms with Gasteiger partial charge in [-0.1, -0.05) is 12.1 Å². The lowest BCUT2D eigenvalue weighted by molar-refractivity contribution is -0.123. The summed E-state index contributed by atoms with van der Waals surface area (Å²) in [6.07, 6.45) is 5.04. The Morgan fingerprint density at radius 3 is 2.52 bits per heavy atom. The number of piperazine rings is 1. The summed E-state index contributed by atoms with van der Waals surface area (Å²) in [5.74, 6) is -0.435. The Hall–Kier alpha value is -2.84. The van der Waals surface area contributed by atoms with Crippen molar-refractivity contribution in [1.29, 1.82) is 0 Å². The fourth-order valence-corrected chi connectivity index (χ4v) is 4.55. The van der Waals surface area contributed by atoms with Crippen LogP contribution in [0, 0.1) is 5.82 Å². The van der Waals surface area contributed by atoms with Crippen molar-refractivity contribution >= 4 is 11.8 Å². The van der Waals surface area contributed by atoms with Crippen LogP contribution in [0.15, 0.2) is 42.6 Å². The minimum Gasteiger partial charge on any atom is -0.352 e. The predicted molar refractivity (Wildman–Crippen MR) is 125 cm³/mol. The Kier molecular flexibility index (Phi) is 7.67. The number of amides is 2. The number of benzene rings is 1. The van der Waals surface area contributed by atoms with E-state index >= 15 is 0 Å². The molecule has 2 aromatic rings. The van der Waals surface area contributed by atoms with Crippen LogP contribution < -0.4 is 10.6 Å². The summed E-state index contributed by atoms with van der Waals surface area (Å²) in [4.78, 5) is 34.0. The molecular weight excluding hydrogens is 421 g/mol. The predicted octanol–water partition coefficient (Wildman–Crippen LogP) is 2.29. The summed E-state index contributed by atoms with van der Waals surface area (Å²) in [5, 5.41) is 6.25. The molecule has 1 saturated carbocycles. The number of carbonyl (C=O) groups excluding carboxylic acids is 2. The Morgan fingerprint density at radius 2 is 1.82 bits per heavy atom. The fraction of sp³-hybridized carbons (Fsp3) is 0.480. The lowest BCUT2D eigenvalue weighted by atomic mass is 9.90. The number of halogens is 1. The zero-order valence-electron chi connectivity index (χ0n) is 19.1. The molecule has 0 radical (unpaired) electrons. The third-order valence-electron chi connectivity index (χ3n) is 6.48. The van der Waals surface area contributed by atoms with E-state index in [0.29, 0.717) is 23.4 Å². The first-order valence-corrected chi connectivity index (χ1v) is 11.7. The average molecular weight is 454 g/mol. The van der Waals surface area contributed by atoms with Crippen LogP contribution in [-0.2, 0) is 4.79 Å². The van der Waals surface area contributed by atoms with Gasteiger partial charge in [-0.05, 0) is 57.0 Å². The second kappa shape index (κ2) is 10.9. The van der Waals surface area contributed by atoms with Crippen LogP contribution in [0.2, 0.25) is 0 Å². The quantitative estimate of drug-likeness (QED) is 0.702. The van der Waals surface area contributed by atoms with E-state index in [2.05, 4.69) is 32.5 Å². The number of nitrogens with zero attached hydrogens (tertiary/aromatic N) is 3. The van der Waals surface area contributed by atoms with Gasteiger partial charge in [0.15, 0.2) is 0 Å². The van der Waals surface area contributed by atoms with Crippen molar-refractivity contribution in [2.24, 2.45) is 0 Å². The van der Waals surface area contributed by atoms with Crippen molar-refractivity contribution in [3.05, 3.63) is 54.0 Å². The van der Waals surface area contributed by atoms with E-state index < -0.39 is 0 Å². The van der Waals surface area contributed by atoms with E-state index in [1.807, 2.05) is 0 Å². The molecule has 0 spiro atoms. The summed E-state index contributed by atoms with van der Waals surface area (Å²) in [5.41, 5.74) is 1.76. The van der Waals surface area contributed by atoms with E-state index in [-0.39, 0.29) is 29.7 Å². The van der Waals surface area contributed by atoms with E-state index in [0.717, 1.165) is 51.9 Å². The minimum absolute atomic E-state index is 0.0167. The van der Waals surface area contributed by atoms with Gasteiger partial charge in [-0.2, -0.15) is 0 Å². The van der Waals surface area contributed by atoms with E-state index in [9.17, 15) is 14.0 Å². The maximum absolute atomic E-state index is 13.4. The number of aromatic nitrogens is 1. The molecule has 1 aliphatic carbocycles. The number of carbonyl (C=O) groups is 2. The van der Waals surface area contributed by atoms with Gasteiger partial charge in [0, 0.05) is 50.0 Å². The number of rotatable bonds is 6. The molecule has 1 aromatic heterocycles. The normalized spacial score (nSPS) is 22.0. The standard InChI is InChI=1S/C25H32FN5O2/c1-30-10-12-31(13-11-30)17-24(32)28-21-6-3-7-22(15-21)29-25(33)19-8-9-23(27-16-19)18-4-2-5-20(26)14-18/h2,4-5,8-9,14,16,21-22H,3,6-7,10-13,15,17H2,1H3,(H,28,32)(H,29,33). The molecule has 176 valence electrons. The highest BCUT2D eigenvalue weighted by atomic mass is 19.1. The molecule has 0 bridgehead atoms. The number of nitrogens with one attached hydrogen (secondary N) is 2. The highest BCUT2D eigenvalue weighted by molar-refractivity contribution is 5.94. The summed E-state index contributed by atoms with van der Waals surface area (Å²) < 4.78 is 13.4. The van der Waals surface area contributed by atoms with Gasteiger partial charge in [-0.3, -0.25) is 19.5 Å². The van der Waals surface area contributed by atoms with Crippen LogP contribution in [0.4, 0.5) is 4.39 Å². The molecule has 1 saturated heterocycles. The first-order chi connectivity index (χ1) is 16.0.